The predicted molar refractivity (Wildman–Crippen MR) is 109 cm³/mol. The Morgan fingerprint density at radius 2 is 1.81 bits per heavy atom. The molecule has 0 fully saturated rings. The lowest BCUT2D eigenvalue weighted by molar-refractivity contribution is 0.240. The fourth-order valence-corrected chi connectivity index (χ4v) is 3.77. The topological polar surface area (TPSA) is 49.0 Å². The molecule has 0 saturated heterocycles. The number of rotatable bonds is 4. The van der Waals surface area contributed by atoms with Crippen molar-refractivity contribution in [1.82, 2.24) is 14.9 Å². The number of aromatic amines is 1. The Morgan fingerprint density at radius 1 is 1.07 bits per heavy atom. The SMILES string of the molecule is CCc1ccccc1CN1CCc2c(nc(-c3ccc(C)cc3)[nH]c2=O)C1. The summed E-state index contributed by atoms with van der Waals surface area (Å²) >= 11 is 0. The van der Waals surface area contributed by atoms with Gasteiger partial charge in [-0.05, 0) is 30.9 Å². The van der Waals surface area contributed by atoms with Gasteiger partial charge in [0.15, 0.2) is 0 Å². The van der Waals surface area contributed by atoms with Crippen LogP contribution in [0.15, 0.2) is 53.3 Å². The van der Waals surface area contributed by atoms with Crippen molar-refractivity contribution in [2.45, 2.75) is 39.8 Å². The minimum atomic E-state index is 0.00387. The first-order valence-electron chi connectivity index (χ1n) is 9.62. The summed E-state index contributed by atoms with van der Waals surface area (Å²) in [6, 6.07) is 16.7. The van der Waals surface area contributed by atoms with Gasteiger partial charge < -0.3 is 4.98 Å². The molecule has 3 aromatic rings. The maximum absolute atomic E-state index is 12.6. The summed E-state index contributed by atoms with van der Waals surface area (Å²) in [7, 11) is 0. The van der Waals surface area contributed by atoms with Crippen LogP contribution in [0, 0.1) is 6.92 Å². The van der Waals surface area contributed by atoms with Crippen LogP contribution in [0.1, 0.15) is 34.9 Å². The van der Waals surface area contributed by atoms with Crippen LogP contribution in [0.2, 0.25) is 0 Å². The highest BCUT2D eigenvalue weighted by molar-refractivity contribution is 5.55. The molecule has 0 spiro atoms. The van der Waals surface area contributed by atoms with Gasteiger partial charge in [-0.3, -0.25) is 9.69 Å². The normalized spacial score (nSPS) is 14.1. The summed E-state index contributed by atoms with van der Waals surface area (Å²) in [5, 5.41) is 0. The number of nitrogens with zero attached hydrogens (tertiary/aromatic N) is 2. The molecule has 0 saturated carbocycles. The van der Waals surface area contributed by atoms with Crippen LogP contribution in [-0.4, -0.2) is 21.4 Å². The predicted octanol–water partition coefficient (Wildman–Crippen LogP) is 3.87. The fraction of sp³-hybridized carbons (Fsp3) is 0.304. The van der Waals surface area contributed by atoms with Crippen LogP contribution in [-0.2, 0) is 25.9 Å². The largest absolute Gasteiger partial charge is 0.306 e. The van der Waals surface area contributed by atoms with Gasteiger partial charge in [0, 0.05) is 30.8 Å². The van der Waals surface area contributed by atoms with E-state index in [4.69, 9.17) is 4.98 Å². The average molecular weight is 359 g/mol. The lowest BCUT2D eigenvalue weighted by Crippen LogP contribution is -2.35. The monoisotopic (exact) mass is 359 g/mol. The zero-order valence-corrected chi connectivity index (χ0v) is 16.0. The highest BCUT2D eigenvalue weighted by Crippen LogP contribution is 2.21. The second kappa shape index (κ2) is 7.49. The number of fused-ring (bicyclic) bond motifs is 1. The maximum Gasteiger partial charge on any atom is 0.254 e. The van der Waals surface area contributed by atoms with Gasteiger partial charge in [0.05, 0.1) is 5.69 Å². The Labute approximate surface area is 159 Å². The first-order valence-corrected chi connectivity index (χ1v) is 9.62. The van der Waals surface area contributed by atoms with Crippen molar-refractivity contribution in [2.24, 2.45) is 0 Å². The molecular formula is C23H25N3O. The van der Waals surface area contributed by atoms with Crippen LogP contribution in [0.4, 0.5) is 0 Å². The van der Waals surface area contributed by atoms with Crippen LogP contribution < -0.4 is 5.56 Å². The highest BCUT2D eigenvalue weighted by Gasteiger charge is 2.22. The maximum atomic E-state index is 12.6. The van der Waals surface area contributed by atoms with E-state index in [0.29, 0.717) is 5.82 Å². The lowest BCUT2D eigenvalue weighted by atomic mass is 10.0. The van der Waals surface area contributed by atoms with Crippen LogP contribution in [0.25, 0.3) is 11.4 Å². The summed E-state index contributed by atoms with van der Waals surface area (Å²) in [5.74, 6) is 0.662. The molecule has 138 valence electrons. The molecule has 1 N–H and O–H groups in total. The third kappa shape index (κ3) is 3.71. The van der Waals surface area contributed by atoms with E-state index in [1.165, 1.54) is 16.7 Å². The van der Waals surface area contributed by atoms with E-state index >= 15 is 0 Å². The zero-order valence-electron chi connectivity index (χ0n) is 16.0. The second-order valence-electron chi connectivity index (χ2n) is 7.29. The molecule has 0 amide bonds. The smallest absolute Gasteiger partial charge is 0.254 e. The fourth-order valence-electron chi connectivity index (χ4n) is 3.77. The first kappa shape index (κ1) is 17.7. The van der Waals surface area contributed by atoms with E-state index in [1.54, 1.807) is 0 Å². The number of H-pyrrole nitrogens is 1. The molecule has 0 atom stereocenters. The van der Waals surface area contributed by atoms with E-state index in [1.807, 2.05) is 24.3 Å². The molecule has 27 heavy (non-hydrogen) atoms. The minimum Gasteiger partial charge on any atom is -0.306 e. The molecule has 2 heterocycles. The van der Waals surface area contributed by atoms with Gasteiger partial charge in [-0.25, -0.2) is 4.98 Å². The van der Waals surface area contributed by atoms with Crippen molar-refractivity contribution in [2.75, 3.05) is 6.54 Å². The molecule has 4 heteroatoms. The van der Waals surface area contributed by atoms with Crippen LogP contribution in [0.3, 0.4) is 0 Å². The van der Waals surface area contributed by atoms with Crippen molar-refractivity contribution < 1.29 is 0 Å². The number of aryl methyl sites for hydroxylation is 2. The molecule has 0 aliphatic carbocycles. The van der Waals surface area contributed by atoms with Gasteiger partial charge in [-0.2, -0.15) is 0 Å². The number of aromatic nitrogens is 2. The molecule has 0 bridgehead atoms. The van der Waals surface area contributed by atoms with E-state index < -0.39 is 0 Å². The van der Waals surface area contributed by atoms with E-state index in [0.717, 1.165) is 49.3 Å². The molecule has 0 radical (unpaired) electrons. The minimum absolute atomic E-state index is 0.00387. The van der Waals surface area contributed by atoms with Crippen LogP contribution >= 0.6 is 0 Å². The van der Waals surface area contributed by atoms with Gasteiger partial charge in [0.1, 0.15) is 5.82 Å². The second-order valence-corrected chi connectivity index (χ2v) is 7.29. The summed E-state index contributed by atoms with van der Waals surface area (Å²) in [6.07, 6.45) is 1.79. The molecule has 4 rings (SSSR count). The third-order valence-electron chi connectivity index (χ3n) is 5.37. The van der Waals surface area contributed by atoms with Gasteiger partial charge in [-0.15, -0.1) is 0 Å². The Balaban J connectivity index is 1.61. The van der Waals surface area contributed by atoms with Crippen molar-refractivity contribution in [3.05, 3.63) is 86.8 Å². The Hall–Kier alpha value is -2.72. The third-order valence-corrected chi connectivity index (χ3v) is 5.37. The summed E-state index contributed by atoms with van der Waals surface area (Å²) in [5.41, 5.74) is 6.66. The van der Waals surface area contributed by atoms with E-state index in [9.17, 15) is 4.79 Å². The molecular weight excluding hydrogens is 334 g/mol. The van der Waals surface area contributed by atoms with E-state index in [-0.39, 0.29) is 5.56 Å². The van der Waals surface area contributed by atoms with E-state index in [2.05, 4.69) is 48.0 Å². The van der Waals surface area contributed by atoms with Gasteiger partial charge >= 0.3 is 0 Å². The van der Waals surface area contributed by atoms with Crippen molar-refractivity contribution in [3.63, 3.8) is 0 Å². The Bertz CT molecular complexity index is 1000. The lowest BCUT2D eigenvalue weighted by Gasteiger charge is -2.28. The molecule has 0 unspecified atom stereocenters. The number of nitrogens with one attached hydrogen (secondary N) is 1. The Morgan fingerprint density at radius 3 is 2.56 bits per heavy atom. The van der Waals surface area contributed by atoms with Crippen molar-refractivity contribution in [1.29, 1.82) is 0 Å². The van der Waals surface area contributed by atoms with Gasteiger partial charge in [-0.1, -0.05) is 61.0 Å². The number of hydrogen-bond donors (Lipinski definition) is 1. The molecule has 1 aliphatic heterocycles. The summed E-state index contributed by atoms with van der Waals surface area (Å²) in [6.45, 7) is 6.76. The molecule has 1 aromatic heterocycles. The van der Waals surface area contributed by atoms with Crippen LogP contribution in [0.5, 0.6) is 0 Å². The number of hydrogen-bond acceptors (Lipinski definition) is 3. The van der Waals surface area contributed by atoms with Crippen molar-refractivity contribution in [3.8, 4) is 11.4 Å². The zero-order chi connectivity index (χ0) is 18.8. The molecule has 2 aromatic carbocycles. The number of benzene rings is 2. The Kier molecular flexibility index (Phi) is 4.90. The van der Waals surface area contributed by atoms with Crippen molar-refractivity contribution >= 4 is 0 Å². The average Bonchev–Trinajstić information content (AvgIpc) is 2.68. The molecule has 1 aliphatic rings. The standard InChI is InChI=1S/C23H25N3O/c1-3-17-6-4-5-7-19(17)14-26-13-12-20-21(15-26)24-22(25-23(20)27)18-10-8-16(2)9-11-18/h4-11H,3,12-15H2,1-2H3,(H,24,25,27). The summed E-state index contributed by atoms with van der Waals surface area (Å²) in [4.78, 5) is 22.7. The quantitative estimate of drug-likeness (QED) is 0.769. The van der Waals surface area contributed by atoms with Gasteiger partial charge in [0.25, 0.3) is 5.56 Å². The first-order chi connectivity index (χ1) is 13.1. The van der Waals surface area contributed by atoms with Gasteiger partial charge in [0.2, 0.25) is 0 Å². The summed E-state index contributed by atoms with van der Waals surface area (Å²) < 4.78 is 0. The highest BCUT2D eigenvalue weighted by atomic mass is 16.1. The molecule has 4 nitrogen and oxygen atoms in total.